The molecule has 0 saturated heterocycles. The molecular formula is C27H36O3. The van der Waals surface area contributed by atoms with E-state index in [1.165, 1.54) is 44.9 Å². The molecule has 0 aliphatic heterocycles. The van der Waals surface area contributed by atoms with Crippen molar-refractivity contribution in [2.75, 3.05) is 6.61 Å². The van der Waals surface area contributed by atoms with E-state index < -0.39 is 0 Å². The van der Waals surface area contributed by atoms with Crippen LogP contribution in [-0.4, -0.2) is 18.2 Å². The third-order valence-corrected chi connectivity index (χ3v) is 5.41. The van der Waals surface area contributed by atoms with E-state index in [1.54, 1.807) is 19.1 Å². The fourth-order valence-electron chi connectivity index (χ4n) is 3.42. The van der Waals surface area contributed by atoms with Crippen molar-refractivity contribution in [2.24, 2.45) is 0 Å². The van der Waals surface area contributed by atoms with Crippen molar-refractivity contribution in [3.05, 3.63) is 54.1 Å². The standard InChI is InChI=1S/C27H36O3/c1-3-5-6-7-8-9-10-11-20-30-26-18-16-23(17-19-26)22-12-14-24(15-13-22)27(29)21-25(28)4-2/h12-19H,3-11,20-21H2,1-2H3. The molecule has 0 aliphatic rings. The first kappa shape index (κ1) is 23.9. The van der Waals surface area contributed by atoms with Crippen LogP contribution in [0.5, 0.6) is 5.75 Å². The Hall–Kier alpha value is -2.42. The van der Waals surface area contributed by atoms with E-state index in [4.69, 9.17) is 4.74 Å². The number of benzene rings is 2. The summed E-state index contributed by atoms with van der Waals surface area (Å²) < 4.78 is 5.86. The van der Waals surface area contributed by atoms with Gasteiger partial charge in [0.05, 0.1) is 13.0 Å². The lowest BCUT2D eigenvalue weighted by molar-refractivity contribution is -0.117. The van der Waals surface area contributed by atoms with Gasteiger partial charge < -0.3 is 4.74 Å². The molecule has 2 aromatic rings. The lowest BCUT2D eigenvalue weighted by atomic mass is 10.0. The average Bonchev–Trinajstić information content (AvgIpc) is 2.78. The summed E-state index contributed by atoms with van der Waals surface area (Å²) in [7, 11) is 0. The van der Waals surface area contributed by atoms with E-state index in [1.807, 2.05) is 36.4 Å². The number of Topliss-reactive ketones (excluding diaryl/α,β-unsaturated/α-hetero) is 2. The van der Waals surface area contributed by atoms with Gasteiger partial charge in [-0.15, -0.1) is 0 Å². The molecule has 2 rings (SSSR count). The molecule has 0 N–H and O–H groups in total. The number of carbonyl (C=O) groups excluding carboxylic acids is 2. The fourth-order valence-corrected chi connectivity index (χ4v) is 3.42. The average molecular weight is 409 g/mol. The highest BCUT2D eigenvalue weighted by Crippen LogP contribution is 2.23. The van der Waals surface area contributed by atoms with Crippen molar-refractivity contribution >= 4 is 11.6 Å². The highest BCUT2D eigenvalue weighted by molar-refractivity contribution is 6.08. The number of ketones is 2. The van der Waals surface area contributed by atoms with Crippen LogP contribution in [0.15, 0.2) is 48.5 Å². The zero-order valence-electron chi connectivity index (χ0n) is 18.6. The minimum Gasteiger partial charge on any atom is -0.494 e. The molecule has 2 aromatic carbocycles. The van der Waals surface area contributed by atoms with Crippen LogP contribution < -0.4 is 4.74 Å². The van der Waals surface area contributed by atoms with Crippen molar-refractivity contribution < 1.29 is 14.3 Å². The molecule has 0 saturated carbocycles. The second-order valence-corrected chi connectivity index (χ2v) is 7.92. The summed E-state index contributed by atoms with van der Waals surface area (Å²) in [5.41, 5.74) is 2.71. The smallest absolute Gasteiger partial charge is 0.170 e. The number of ether oxygens (including phenoxy) is 1. The first-order valence-corrected chi connectivity index (χ1v) is 11.5. The molecule has 3 nitrogen and oxygen atoms in total. The Kier molecular flexibility index (Phi) is 10.9. The van der Waals surface area contributed by atoms with Gasteiger partial charge in [0.25, 0.3) is 0 Å². The molecule has 0 fully saturated rings. The first-order chi connectivity index (χ1) is 14.6. The Morgan fingerprint density at radius 1 is 0.700 bits per heavy atom. The van der Waals surface area contributed by atoms with Gasteiger partial charge in [0.2, 0.25) is 0 Å². The maximum atomic E-state index is 12.1. The largest absolute Gasteiger partial charge is 0.494 e. The Balaban J connectivity index is 1.73. The minimum absolute atomic E-state index is 0.0132. The van der Waals surface area contributed by atoms with Crippen LogP contribution in [0.3, 0.4) is 0 Å². The lowest BCUT2D eigenvalue weighted by Crippen LogP contribution is -2.06. The second-order valence-electron chi connectivity index (χ2n) is 7.92. The van der Waals surface area contributed by atoms with Crippen LogP contribution in [0, 0.1) is 0 Å². The van der Waals surface area contributed by atoms with E-state index >= 15 is 0 Å². The van der Waals surface area contributed by atoms with Gasteiger partial charge in [0.15, 0.2) is 5.78 Å². The zero-order chi connectivity index (χ0) is 21.6. The summed E-state index contributed by atoms with van der Waals surface area (Å²) >= 11 is 0. The maximum absolute atomic E-state index is 12.1. The molecule has 162 valence electrons. The van der Waals surface area contributed by atoms with Crippen molar-refractivity contribution in [1.29, 1.82) is 0 Å². The van der Waals surface area contributed by atoms with Gasteiger partial charge in [-0.1, -0.05) is 95.2 Å². The van der Waals surface area contributed by atoms with Gasteiger partial charge in [-0.2, -0.15) is 0 Å². The fraction of sp³-hybridized carbons (Fsp3) is 0.481. The molecule has 0 radical (unpaired) electrons. The van der Waals surface area contributed by atoms with E-state index in [0.29, 0.717) is 12.0 Å². The zero-order valence-corrected chi connectivity index (χ0v) is 18.6. The van der Waals surface area contributed by atoms with Gasteiger partial charge in [-0.25, -0.2) is 0 Å². The van der Waals surface area contributed by atoms with Gasteiger partial charge in [-0.05, 0) is 29.7 Å². The third-order valence-electron chi connectivity index (χ3n) is 5.41. The maximum Gasteiger partial charge on any atom is 0.170 e. The molecule has 3 heteroatoms. The predicted molar refractivity (Wildman–Crippen MR) is 124 cm³/mol. The van der Waals surface area contributed by atoms with E-state index in [2.05, 4.69) is 6.92 Å². The van der Waals surface area contributed by atoms with Crippen molar-refractivity contribution in [2.45, 2.75) is 78.1 Å². The molecule has 0 spiro atoms. The normalized spacial score (nSPS) is 10.7. The number of unbranched alkanes of at least 4 members (excludes halogenated alkanes) is 7. The molecule has 0 aliphatic carbocycles. The Labute approximate surface area is 181 Å². The Morgan fingerprint density at radius 2 is 1.23 bits per heavy atom. The van der Waals surface area contributed by atoms with Crippen LogP contribution in [-0.2, 0) is 4.79 Å². The Bertz CT molecular complexity index is 760. The van der Waals surface area contributed by atoms with Crippen LogP contribution in [0.4, 0.5) is 0 Å². The number of hydrogen-bond donors (Lipinski definition) is 0. The summed E-state index contributed by atoms with van der Waals surface area (Å²) in [6, 6.07) is 15.5. The molecule has 0 bridgehead atoms. The second kappa shape index (κ2) is 13.7. The van der Waals surface area contributed by atoms with Gasteiger partial charge in [-0.3, -0.25) is 9.59 Å². The minimum atomic E-state index is -0.113. The van der Waals surface area contributed by atoms with Crippen LogP contribution >= 0.6 is 0 Å². The monoisotopic (exact) mass is 408 g/mol. The molecule has 0 atom stereocenters. The summed E-state index contributed by atoms with van der Waals surface area (Å²) in [6.45, 7) is 4.80. The summed E-state index contributed by atoms with van der Waals surface area (Å²) in [5, 5.41) is 0. The molecule has 0 amide bonds. The lowest BCUT2D eigenvalue weighted by Gasteiger charge is -2.08. The molecule has 0 heterocycles. The topological polar surface area (TPSA) is 43.4 Å². The highest BCUT2D eigenvalue weighted by Gasteiger charge is 2.10. The summed E-state index contributed by atoms with van der Waals surface area (Å²) in [6.07, 6.45) is 10.8. The quantitative estimate of drug-likeness (QED) is 0.175. The van der Waals surface area contributed by atoms with E-state index in [0.717, 1.165) is 29.9 Å². The number of carbonyl (C=O) groups is 2. The van der Waals surface area contributed by atoms with Crippen LogP contribution in [0.2, 0.25) is 0 Å². The molecule has 30 heavy (non-hydrogen) atoms. The van der Waals surface area contributed by atoms with Gasteiger partial charge in [0.1, 0.15) is 11.5 Å². The van der Waals surface area contributed by atoms with Crippen molar-refractivity contribution in [3.63, 3.8) is 0 Å². The first-order valence-electron chi connectivity index (χ1n) is 11.5. The van der Waals surface area contributed by atoms with E-state index in [-0.39, 0.29) is 18.0 Å². The van der Waals surface area contributed by atoms with Crippen molar-refractivity contribution in [3.8, 4) is 16.9 Å². The SMILES string of the molecule is CCCCCCCCCCOc1ccc(-c2ccc(C(=O)CC(=O)CC)cc2)cc1. The highest BCUT2D eigenvalue weighted by atomic mass is 16.5. The molecular weight excluding hydrogens is 372 g/mol. The number of hydrogen-bond acceptors (Lipinski definition) is 3. The number of rotatable bonds is 15. The van der Waals surface area contributed by atoms with Crippen molar-refractivity contribution in [1.82, 2.24) is 0 Å². The summed E-state index contributed by atoms with van der Waals surface area (Å²) in [5.74, 6) is 0.760. The van der Waals surface area contributed by atoms with Gasteiger partial charge >= 0.3 is 0 Å². The molecule has 0 aromatic heterocycles. The predicted octanol–water partition coefficient (Wildman–Crippen LogP) is 7.43. The summed E-state index contributed by atoms with van der Waals surface area (Å²) in [4.78, 5) is 23.6. The molecule has 0 unspecified atom stereocenters. The van der Waals surface area contributed by atoms with Crippen LogP contribution in [0.1, 0.15) is 88.4 Å². The van der Waals surface area contributed by atoms with Crippen LogP contribution in [0.25, 0.3) is 11.1 Å². The third kappa shape index (κ3) is 8.52. The Morgan fingerprint density at radius 3 is 1.80 bits per heavy atom. The van der Waals surface area contributed by atoms with E-state index in [9.17, 15) is 9.59 Å². The van der Waals surface area contributed by atoms with Gasteiger partial charge in [0, 0.05) is 12.0 Å².